The van der Waals surface area contributed by atoms with Crippen molar-refractivity contribution in [1.82, 2.24) is 9.21 Å². The fourth-order valence-corrected chi connectivity index (χ4v) is 5.02. The van der Waals surface area contributed by atoms with Gasteiger partial charge in [-0.25, -0.2) is 12.8 Å². The van der Waals surface area contributed by atoms with E-state index in [1.165, 1.54) is 21.3 Å². The van der Waals surface area contributed by atoms with Crippen LogP contribution in [0, 0.1) is 12.7 Å². The zero-order chi connectivity index (χ0) is 21.7. The van der Waals surface area contributed by atoms with Gasteiger partial charge in [-0.1, -0.05) is 24.6 Å². The first-order valence-corrected chi connectivity index (χ1v) is 11.4. The van der Waals surface area contributed by atoms with Crippen LogP contribution in [0.25, 0.3) is 0 Å². The third-order valence-corrected chi connectivity index (χ3v) is 7.14. The van der Waals surface area contributed by atoms with Crippen molar-refractivity contribution in [2.45, 2.75) is 37.6 Å². The Hall–Kier alpha value is -2.45. The van der Waals surface area contributed by atoms with E-state index in [9.17, 15) is 17.6 Å². The maximum Gasteiger partial charge on any atom is 0.260 e. The highest BCUT2D eigenvalue weighted by atomic mass is 32.2. The summed E-state index contributed by atoms with van der Waals surface area (Å²) in [6.07, 6.45) is 2.81. The number of hydrogen-bond donors (Lipinski definition) is 0. The van der Waals surface area contributed by atoms with Crippen molar-refractivity contribution in [1.29, 1.82) is 0 Å². The quantitative estimate of drug-likeness (QED) is 0.670. The molecule has 0 bridgehead atoms. The zero-order valence-corrected chi connectivity index (χ0v) is 18.1. The summed E-state index contributed by atoms with van der Waals surface area (Å²) in [4.78, 5) is 14.0. The number of amides is 1. The number of ether oxygens (including phenoxy) is 1. The number of carbonyl (C=O) groups is 1. The molecular formula is C22H27FN2O4S. The Kier molecular flexibility index (Phi) is 7.10. The van der Waals surface area contributed by atoms with Crippen LogP contribution in [-0.2, 0) is 21.4 Å². The van der Waals surface area contributed by atoms with E-state index < -0.39 is 10.0 Å². The van der Waals surface area contributed by atoms with Crippen LogP contribution in [0.1, 0.15) is 30.4 Å². The lowest BCUT2D eigenvalue weighted by Crippen LogP contribution is -2.35. The van der Waals surface area contributed by atoms with Gasteiger partial charge in [0, 0.05) is 32.2 Å². The van der Waals surface area contributed by atoms with Crippen LogP contribution in [0.3, 0.4) is 0 Å². The molecule has 0 unspecified atom stereocenters. The minimum absolute atomic E-state index is 0.140. The third kappa shape index (κ3) is 5.17. The Morgan fingerprint density at radius 1 is 1.13 bits per heavy atom. The van der Waals surface area contributed by atoms with E-state index in [-0.39, 0.29) is 29.8 Å². The second kappa shape index (κ2) is 9.57. The van der Waals surface area contributed by atoms with Crippen molar-refractivity contribution in [3.63, 3.8) is 0 Å². The Labute approximate surface area is 177 Å². The van der Waals surface area contributed by atoms with Crippen LogP contribution in [0.15, 0.2) is 47.4 Å². The molecule has 0 radical (unpaired) electrons. The molecule has 30 heavy (non-hydrogen) atoms. The largest absolute Gasteiger partial charge is 0.483 e. The molecule has 1 heterocycles. The van der Waals surface area contributed by atoms with Crippen LogP contribution >= 0.6 is 0 Å². The van der Waals surface area contributed by atoms with Gasteiger partial charge in [-0.2, -0.15) is 4.31 Å². The molecule has 1 aliphatic rings. The smallest absolute Gasteiger partial charge is 0.260 e. The summed E-state index contributed by atoms with van der Waals surface area (Å²) in [6.45, 7) is 2.76. The third-order valence-electron chi connectivity index (χ3n) is 5.24. The molecule has 1 fully saturated rings. The topological polar surface area (TPSA) is 66.9 Å². The van der Waals surface area contributed by atoms with E-state index in [0.717, 1.165) is 19.3 Å². The van der Waals surface area contributed by atoms with E-state index in [4.69, 9.17) is 4.74 Å². The molecule has 0 saturated carbocycles. The number of hydrogen-bond acceptors (Lipinski definition) is 4. The maximum absolute atomic E-state index is 13.8. The van der Waals surface area contributed by atoms with Crippen molar-refractivity contribution in [2.24, 2.45) is 0 Å². The van der Waals surface area contributed by atoms with Crippen LogP contribution in [-0.4, -0.2) is 50.3 Å². The highest BCUT2D eigenvalue weighted by Crippen LogP contribution is 2.26. The zero-order valence-electron chi connectivity index (χ0n) is 17.3. The second-order valence-corrected chi connectivity index (χ2v) is 9.46. The van der Waals surface area contributed by atoms with Gasteiger partial charge in [-0.3, -0.25) is 4.79 Å². The average Bonchev–Trinajstić information content (AvgIpc) is 2.74. The van der Waals surface area contributed by atoms with Crippen LogP contribution in [0.5, 0.6) is 5.75 Å². The summed E-state index contributed by atoms with van der Waals surface area (Å²) in [5.74, 6) is -0.220. The molecular weight excluding hydrogens is 407 g/mol. The number of benzene rings is 2. The number of nitrogens with zero attached hydrogens (tertiary/aromatic N) is 2. The van der Waals surface area contributed by atoms with E-state index in [2.05, 4.69) is 0 Å². The maximum atomic E-state index is 13.8. The van der Waals surface area contributed by atoms with Gasteiger partial charge in [-0.05, 0) is 49.6 Å². The average molecular weight is 435 g/mol. The van der Waals surface area contributed by atoms with E-state index in [0.29, 0.717) is 30.0 Å². The Morgan fingerprint density at radius 3 is 2.50 bits per heavy atom. The molecule has 1 aliphatic heterocycles. The SMILES string of the molecule is Cc1cc(S(=O)(=O)N2CCCCC2)ccc1OCC(=O)N(C)Cc1ccccc1F. The minimum Gasteiger partial charge on any atom is -0.483 e. The molecule has 0 spiro atoms. The van der Waals surface area contributed by atoms with E-state index in [1.54, 1.807) is 44.3 Å². The molecule has 0 N–H and O–H groups in total. The number of rotatable bonds is 7. The monoisotopic (exact) mass is 434 g/mol. The lowest BCUT2D eigenvalue weighted by atomic mass is 10.2. The Balaban J connectivity index is 1.62. The lowest BCUT2D eigenvalue weighted by Gasteiger charge is -2.26. The first kappa shape index (κ1) is 22.2. The first-order chi connectivity index (χ1) is 14.3. The number of aryl methyl sites for hydroxylation is 1. The molecule has 1 saturated heterocycles. The van der Waals surface area contributed by atoms with Crippen LogP contribution < -0.4 is 4.74 Å². The van der Waals surface area contributed by atoms with Gasteiger partial charge in [0.25, 0.3) is 5.91 Å². The summed E-state index contributed by atoms with van der Waals surface area (Å²) < 4.78 is 46.5. The van der Waals surface area contributed by atoms with Gasteiger partial charge in [0.05, 0.1) is 4.90 Å². The van der Waals surface area contributed by atoms with Crippen LogP contribution in [0.2, 0.25) is 0 Å². The van der Waals surface area contributed by atoms with Gasteiger partial charge in [-0.15, -0.1) is 0 Å². The number of likely N-dealkylation sites (N-methyl/N-ethyl adjacent to an activating group) is 1. The standard InChI is InChI=1S/C22H27FN2O4S/c1-17-14-19(30(27,28)25-12-6-3-7-13-25)10-11-21(17)29-16-22(26)24(2)15-18-8-4-5-9-20(18)23/h4-5,8-11,14H,3,6-7,12-13,15-16H2,1-2H3. The first-order valence-electron chi connectivity index (χ1n) is 10.00. The fourth-order valence-electron chi connectivity index (χ4n) is 3.42. The molecule has 6 nitrogen and oxygen atoms in total. The summed E-state index contributed by atoms with van der Waals surface area (Å²) in [6, 6.07) is 11.0. The molecule has 2 aromatic carbocycles. The molecule has 3 rings (SSSR count). The van der Waals surface area contributed by atoms with Crippen molar-refractivity contribution in [3.05, 3.63) is 59.4 Å². The lowest BCUT2D eigenvalue weighted by molar-refractivity contribution is -0.132. The number of halogens is 1. The van der Waals surface area contributed by atoms with Gasteiger partial charge >= 0.3 is 0 Å². The van der Waals surface area contributed by atoms with Crippen molar-refractivity contribution in [2.75, 3.05) is 26.7 Å². The molecule has 2 aromatic rings. The second-order valence-electron chi connectivity index (χ2n) is 7.52. The highest BCUT2D eigenvalue weighted by molar-refractivity contribution is 7.89. The van der Waals surface area contributed by atoms with Crippen LogP contribution in [0.4, 0.5) is 4.39 Å². The molecule has 1 amide bonds. The number of piperidine rings is 1. The summed E-state index contributed by atoms with van der Waals surface area (Å²) in [7, 11) is -1.93. The molecule has 0 atom stereocenters. The molecule has 0 aromatic heterocycles. The molecule has 162 valence electrons. The Bertz CT molecular complexity index is 1000. The van der Waals surface area contributed by atoms with Gasteiger partial charge in [0.1, 0.15) is 11.6 Å². The molecule has 8 heteroatoms. The van der Waals surface area contributed by atoms with E-state index in [1.807, 2.05) is 0 Å². The molecule has 0 aliphatic carbocycles. The van der Waals surface area contributed by atoms with Crippen molar-refractivity contribution in [3.8, 4) is 5.75 Å². The van der Waals surface area contributed by atoms with Gasteiger partial charge in [0.2, 0.25) is 10.0 Å². The Morgan fingerprint density at radius 2 is 1.83 bits per heavy atom. The van der Waals surface area contributed by atoms with Gasteiger partial charge < -0.3 is 9.64 Å². The number of sulfonamides is 1. The highest BCUT2D eigenvalue weighted by Gasteiger charge is 2.26. The normalized spacial score (nSPS) is 15.0. The predicted molar refractivity (Wildman–Crippen MR) is 112 cm³/mol. The predicted octanol–water partition coefficient (Wildman–Crippen LogP) is 3.35. The minimum atomic E-state index is -3.52. The summed E-state index contributed by atoms with van der Waals surface area (Å²) in [5.41, 5.74) is 1.06. The van der Waals surface area contributed by atoms with Crippen molar-refractivity contribution >= 4 is 15.9 Å². The van der Waals surface area contributed by atoms with Crippen molar-refractivity contribution < 1.29 is 22.3 Å². The van der Waals surface area contributed by atoms with Gasteiger partial charge in [0.15, 0.2) is 6.61 Å². The van der Waals surface area contributed by atoms with E-state index >= 15 is 0 Å². The number of carbonyl (C=O) groups excluding carboxylic acids is 1. The fraction of sp³-hybridized carbons (Fsp3) is 0.409. The summed E-state index contributed by atoms with van der Waals surface area (Å²) >= 11 is 0. The summed E-state index contributed by atoms with van der Waals surface area (Å²) in [5, 5.41) is 0.